The van der Waals surface area contributed by atoms with Crippen molar-refractivity contribution in [1.29, 1.82) is 0 Å². The van der Waals surface area contributed by atoms with E-state index in [0.717, 1.165) is 24.3 Å². The van der Waals surface area contributed by atoms with Gasteiger partial charge in [-0.2, -0.15) is 0 Å². The molecule has 0 heterocycles. The van der Waals surface area contributed by atoms with Crippen LogP contribution in [0.4, 0.5) is 0 Å². The number of phosphoric acid groups is 1. The molecule has 0 aromatic carbocycles. The van der Waals surface area contributed by atoms with E-state index >= 15 is 0 Å². The van der Waals surface area contributed by atoms with Crippen LogP contribution in [0.1, 0.15) is 7.43 Å². The Morgan fingerprint density at radius 2 is 0.800 bits per heavy atom. The highest BCUT2D eigenvalue weighted by Crippen LogP contribution is 2.61. The first-order valence-corrected chi connectivity index (χ1v) is 16.1. The average Bonchev–Trinajstić information content (AvgIpc) is 2.89. The van der Waals surface area contributed by atoms with E-state index in [1.54, 1.807) is 0 Å². The summed E-state index contributed by atoms with van der Waals surface area (Å²) in [6.45, 7) is 11.1. The number of carbonyl (C=O) groups is 4. The van der Waals surface area contributed by atoms with Crippen LogP contribution >= 0.6 is 46.7 Å². The number of phosphoric ester groups is 1. The van der Waals surface area contributed by atoms with E-state index in [1.165, 1.54) is 0 Å². The summed E-state index contributed by atoms with van der Waals surface area (Å²) in [5.41, 5.74) is 0. The van der Waals surface area contributed by atoms with E-state index in [4.69, 9.17) is 18.7 Å². The largest absolute Gasteiger partial charge is 0.475 e. The highest BCUT2D eigenvalue weighted by molar-refractivity contribution is 8.24. The Kier molecular flexibility index (Phi) is 32.1. The highest BCUT2D eigenvalue weighted by atomic mass is 36.0. The molecule has 232 valence electrons. The van der Waals surface area contributed by atoms with Crippen molar-refractivity contribution in [2.45, 2.75) is 7.43 Å². The molecule has 0 aromatic rings. The van der Waals surface area contributed by atoms with Gasteiger partial charge in [0.05, 0.1) is 26.4 Å². The summed E-state index contributed by atoms with van der Waals surface area (Å²) >= 11 is 13.8. The quantitative estimate of drug-likeness (QED) is 0.0703. The van der Waals surface area contributed by atoms with E-state index in [2.05, 4.69) is 79.0 Å². The molecule has 14 nitrogen and oxygen atoms in total. The molecule has 0 saturated carbocycles. The van der Waals surface area contributed by atoms with Crippen LogP contribution in [0.3, 0.4) is 0 Å². The third-order valence-electron chi connectivity index (χ3n) is 2.73. The van der Waals surface area contributed by atoms with Gasteiger partial charge >= 0.3 is 36.9 Å². The fourth-order valence-corrected chi connectivity index (χ4v) is 2.49. The zero-order chi connectivity index (χ0) is 30.7. The second-order valence-corrected chi connectivity index (χ2v) is 13.9. The minimum absolute atomic E-state index is 0. The number of aliphatic hydroxyl groups is 1. The fraction of sp³-hybridized carbons (Fsp3) is 0.429. The molecule has 0 atom stereocenters. The van der Waals surface area contributed by atoms with Gasteiger partial charge < -0.3 is 24.1 Å². The lowest BCUT2D eigenvalue weighted by Gasteiger charge is -2.18. The highest BCUT2D eigenvalue weighted by Gasteiger charge is 2.27. The molecule has 0 fully saturated rings. The maximum Gasteiger partial charge on any atom is 0.475 e. The predicted octanol–water partition coefficient (Wildman–Crippen LogP) is 4.49. The van der Waals surface area contributed by atoms with E-state index in [1.807, 2.05) is 0 Å². The molecule has 0 rings (SSSR count). The zero-order valence-electron chi connectivity index (χ0n) is 20.6. The second kappa shape index (κ2) is 28.5. The summed E-state index contributed by atoms with van der Waals surface area (Å²) in [7, 11) is -4.08. The first-order chi connectivity index (χ1) is 18.2. The Labute approximate surface area is 247 Å². The van der Waals surface area contributed by atoms with Crippen LogP contribution in [0.25, 0.3) is 0 Å². The molecular weight excluding hydrogens is 645 g/mol. The number of aliphatic hydroxyl groups excluding tert-OH is 1. The van der Waals surface area contributed by atoms with Gasteiger partial charge in [0, 0.05) is 24.3 Å². The molecular formula is C21H33Cl3O14P2. The number of esters is 4. The van der Waals surface area contributed by atoms with Gasteiger partial charge in [-0.3, -0.25) is 18.1 Å². The van der Waals surface area contributed by atoms with Gasteiger partial charge in [0.2, 0.25) is 0 Å². The van der Waals surface area contributed by atoms with Gasteiger partial charge in [0.15, 0.2) is 0 Å². The Morgan fingerprint density at radius 1 is 0.575 bits per heavy atom. The molecule has 0 aromatic heterocycles. The van der Waals surface area contributed by atoms with E-state index < -0.39 is 36.9 Å². The number of ether oxygens (including phenoxy) is 4. The molecule has 0 aliphatic rings. The van der Waals surface area contributed by atoms with Crippen LogP contribution in [0.5, 0.6) is 0 Å². The van der Waals surface area contributed by atoms with Gasteiger partial charge in [0.25, 0.3) is 0 Å². The number of rotatable bonds is 18. The van der Waals surface area contributed by atoms with E-state index in [0.29, 0.717) is 0 Å². The van der Waals surface area contributed by atoms with Crippen molar-refractivity contribution in [3.05, 3.63) is 50.6 Å². The van der Waals surface area contributed by atoms with Gasteiger partial charge in [0.1, 0.15) is 26.4 Å². The topological polar surface area (TPSA) is 187 Å². The third kappa shape index (κ3) is 38.2. The van der Waals surface area contributed by atoms with Crippen molar-refractivity contribution < 1.29 is 65.9 Å². The Morgan fingerprint density at radius 3 is 1.00 bits per heavy atom. The number of halogens is 3. The van der Waals surface area contributed by atoms with Crippen molar-refractivity contribution in [3.63, 3.8) is 0 Å². The van der Waals surface area contributed by atoms with Crippen molar-refractivity contribution in [3.8, 4) is 0 Å². The first kappa shape index (κ1) is 45.0. The molecule has 0 amide bonds. The predicted molar refractivity (Wildman–Crippen MR) is 149 cm³/mol. The second-order valence-electron chi connectivity index (χ2n) is 5.56. The molecule has 40 heavy (non-hydrogen) atoms. The summed E-state index contributed by atoms with van der Waals surface area (Å²) in [4.78, 5) is 42.8. The maximum atomic E-state index is 12.4. The van der Waals surface area contributed by atoms with Crippen LogP contribution in [0.15, 0.2) is 50.6 Å². The first-order valence-electron chi connectivity index (χ1n) is 10.2. The molecule has 1 N–H and O–H groups in total. The monoisotopic (exact) mass is 676 g/mol. The van der Waals surface area contributed by atoms with Crippen molar-refractivity contribution in [1.82, 2.24) is 0 Å². The van der Waals surface area contributed by atoms with Crippen molar-refractivity contribution >= 4 is 70.6 Å². The Hall–Kier alpha value is -1.99. The summed E-state index contributed by atoms with van der Waals surface area (Å²) in [6, 6.07) is 0. The fourth-order valence-electron chi connectivity index (χ4n) is 1.37. The minimum Gasteiger partial charge on any atom is -0.460 e. The molecule has 19 heteroatoms. The number of carbonyl (C=O) groups excluding carboxylic acids is 4. The van der Waals surface area contributed by atoms with Crippen molar-refractivity contribution in [2.75, 3.05) is 52.9 Å². The van der Waals surface area contributed by atoms with Crippen LogP contribution in [-0.2, 0) is 60.8 Å². The summed E-state index contributed by atoms with van der Waals surface area (Å²) in [6.07, 6.45) is 3.91. The van der Waals surface area contributed by atoms with Gasteiger partial charge in [-0.1, -0.05) is 33.7 Å². The SMILES string of the molecule is C.C=CC(=O)OCCO.C=CC(=O)OCCOP(=O)(OCCOC(=O)C=C)OCCOC(=O)C=C.O=P(Cl)(Cl)Cl. The van der Waals surface area contributed by atoms with Crippen LogP contribution < -0.4 is 0 Å². The summed E-state index contributed by atoms with van der Waals surface area (Å²) in [5, 5.41) is 4.88. The maximum absolute atomic E-state index is 12.4. The summed E-state index contributed by atoms with van der Waals surface area (Å²) < 4.78 is 55.1. The lowest BCUT2D eigenvalue weighted by atomic mass is 10.6. The minimum atomic E-state index is -4.08. The average molecular weight is 678 g/mol. The standard InChI is InChI=1S/C15H21O10P.C5H8O3.CH4.Cl3OP/c1-4-13(16)20-7-10-23-26(19,24-11-8-21-14(17)5-2)25-12-9-22-15(18)6-3;1-2-5(7)8-4-3-6;;1-5(2,3)4/h4-6H,1-3,7-12H2;2,6H,1,3-4H2;1H4;. The molecule has 0 spiro atoms. The van der Waals surface area contributed by atoms with Gasteiger partial charge in [-0.05, 0) is 33.7 Å². The van der Waals surface area contributed by atoms with Crippen LogP contribution in [0, 0.1) is 0 Å². The lowest BCUT2D eigenvalue weighted by Crippen LogP contribution is -2.14. The van der Waals surface area contributed by atoms with Crippen LogP contribution in [0.2, 0.25) is 0 Å². The number of hydrogen-bond donors (Lipinski definition) is 1. The smallest absolute Gasteiger partial charge is 0.460 e. The number of hydrogen-bond acceptors (Lipinski definition) is 14. The zero-order valence-corrected chi connectivity index (χ0v) is 24.6. The molecule has 0 aliphatic heterocycles. The summed E-state index contributed by atoms with van der Waals surface area (Å²) in [5.74, 6) is -2.55. The lowest BCUT2D eigenvalue weighted by molar-refractivity contribution is -0.139. The molecule has 0 bridgehead atoms. The van der Waals surface area contributed by atoms with Crippen molar-refractivity contribution in [2.24, 2.45) is 0 Å². The molecule has 0 radical (unpaired) electrons. The Bertz CT molecular complexity index is 808. The van der Waals surface area contributed by atoms with Gasteiger partial charge in [-0.15, -0.1) is 0 Å². The molecule has 0 saturated heterocycles. The van der Waals surface area contributed by atoms with Crippen LogP contribution in [-0.4, -0.2) is 81.8 Å². The molecule has 0 aliphatic carbocycles. The third-order valence-corrected chi connectivity index (χ3v) is 4.23. The van der Waals surface area contributed by atoms with E-state index in [-0.39, 0.29) is 60.3 Å². The molecule has 0 unspecified atom stereocenters. The van der Waals surface area contributed by atoms with Gasteiger partial charge in [-0.25, -0.2) is 23.7 Å². The normalized spacial score (nSPS) is 9.90. The van der Waals surface area contributed by atoms with E-state index in [9.17, 15) is 28.3 Å². The Balaban J connectivity index is -0.000000381.